The molecule has 0 atom stereocenters. The number of amides is 1. The third-order valence-electron chi connectivity index (χ3n) is 2.18. The molecule has 3 N–H and O–H groups in total. The number of rotatable bonds is 5. The molecule has 0 saturated heterocycles. The Morgan fingerprint density at radius 3 is 2.72 bits per heavy atom. The van der Waals surface area contributed by atoms with Gasteiger partial charge in [0.2, 0.25) is 0 Å². The summed E-state index contributed by atoms with van der Waals surface area (Å²) in [6, 6.07) is 0.0206. The molecule has 0 saturated carbocycles. The standard InChI is InChI=1S/C12H18N2O3S/c1-4-17-9(15)5-8-6-18-11(13)10(8)12(16)14-7(2)3/h6-7H,4-5,13H2,1-3H3,(H,14,16). The first-order valence-corrected chi connectivity index (χ1v) is 6.66. The minimum Gasteiger partial charge on any atom is -0.466 e. The molecule has 0 aliphatic heterocycles. The Bertz CT molecular complexity index is 441. The van der Waals surface area contributed by atoms with Gasteiger partial charge in [0, 0.05) is 6.04 Å². The largest absolute Gasteiger partial charge is 0.466 e. The topological polar surface area (TPSA) is 81.4 Å². The molecular formula is C12H18N2O3S. The highest BCUT2D eigenvalue weighted by molar-refractivity contribution is 7.14. The predicted octanol–water partition coefficient (Wildman–Crippen LogP) is 1.57. The van der Waals surface area contributed by atoms with E-state index in [4.69, 9.17) is 10.5 Å². The van der Waals surface area contributed by atoms with Crippen molar-refractivity contribution in [3.63, 3.8) is 0 Å². The quantitative estimate of drug-likeness (QED) is 0.796. The monoisotopic (exact) mass is 270 g/mol. The van der Waals surface area contributed by atoms with E-state index in [1.807, 2.05) is 13.8 Å². The molecule has 0 fully saturated rings. The number of ether oxygens (including phenoxy) is 1. The minimum atomic E-state index is -0.353. The lowest BCUT2D eigenvalue weighted by atomic mass is 10.1. The summed E-state index contributed by atoms with van der Waals surface area (Å²) < 4.78 is 4.86. The van der Waals surface area contributed by atoms with Gasteiger partial charge in [-0.2, -0.15) is 0 Å². The van der Waals surface area contributed by atoms with E-state index in [0.717, 1.165) is 0 Å². The van der Waals surface area contributed by atoms with E-state index in [1.54, 1.807) is 12.3 Å². The zero-order valence-electron chi connectivity index (χ0n) is 10.8. The molecule has 1 aromatic rings. The number of esters is 1. The van der Waals surface area contributed by atoms with Gasteiger partial charge in [-0.05, 0) is 31.7 Å². The first-order valence-electron chi connectivity index (χ1n) is 5.78. The van der Waals surface area contributed by atoms with Crippen LogP contribution in [0.3, 0.4) is 0 Å². The highest BCUT2D eigenvalue weighted by Crippen LogP contribution is 2.25. The lowest BCUT2D eigenvalue weighted by Crippen LogP contribution is -2.31. The van der Waals surface area contributed by atoms with Gasteiger partial charge in [0.05, 0.1) is 23.6 Å². The van der Waals surface area contributed by atoms with Gasteiger partial charge in [0.1, 0.15) is 0 Å². The van der Waals surface area contributed by atoms with E-state index in [2.05, 4.69) is 5.32 Å². The molecule has 0 aromatic carbocycles. The van der Waals surface area contributed by atoms with E-state index < -0.39 is 0 Å². The van der Waals surface area contributed by atoms with Crippen LogP contribution in [0.4, 0.5) is 5.00 Å². The van der Waals surface area contributed by atoms with Crippen molar-refractivity contribution < 1.29 is 14.3 Å². The summed E-state index contributed by atoms with van der Waals surface area (Å²) in [6.45, 7) is 5.80. The molecule has 0 unspecified atom stereocenters. The fourth-order valence-corrected chi connectivity index (χ4v) is 2.31. The van der Waals surface area contributed by atoms with Crippen molar-refractivity contribution in [2.75, 3.05) is 12.3 Å². The Labute approximate surface area is 110 Å². The molecule has 5 nitrogen and oxygen atoms in total. The lowest BCUT2D eigenvalue weighted by Gasteiger charge is -2.09. The zero-order chi connectivity index (χ0) is 13.7. The summed E-state index contributed by atoms with van der Waals surface area (Å²) in [5, 5.41) is 4.91. The van der Waals surface area contributed by atoms with Crippen molar-refractivity contribution in [1.29, 1.82) is 0 Å². The van der Waals surface area contributed by atoms with Crippen LogP contribution in [0.5, 0.6) is 0 Å². The van der Waals surface area contributed by atoms with Crippen LogP contribution in [0.2, 0.25) is 0 Å². The smallest absolute Gasteiger partial charge is 0.310 e. The van der Waals surface area contributed by atoms with E-state index in [9.17, 15) is 9.59 Å². The molecule has 100 valence electrons. The lowest BCUT2D eigenvalue weighted by molar-refractivity contribution is -0.142. The highest BCUT2D eigenvalue weighted by atomic mass is 32.1. The van der Waals surface area contributed by atoms with Gasteiger partial charge in [-0.1, -0.05) is 0 Å². The van der Waals surface area contributed by atoms with Crippen molar-refractivity contribution in [2.24, 2.45) is 0 Å². The van der Waals surface area contributed by atoms with Crippen LogP contribution in [0.15, 0.2) is 5.38 Å². The van der Waals surface area contributed by atoms with Crippen LogP contribution in [0, 0.1) is 0 Å². The van der Waals surface area contributed by atoms with Crippen molar-refractivity contribution in [1.82, 2.24) is 5.32 Å². The maximum Gasteiger partial charge on any atom is 0.310 e. The fourth-order valence-electron chi connectivity index (χ4n) is 1.50. The Hall–Kier alpha value is -1.56. The van der Waals surface area contributed by atoms with Crippen molar-refractivity contribution in [2.45, 2.75) is 33.2 Å². The maximum atomic E-state index is 12.0. The molecule has 0 radical (unpaired) electrons. The minimum absolute atomic E-state index is 0.0206. The van der Waals surface area contributed by atoms with Crippen molar-refractivity contribution in [3.05, 3.63) is 16.5 Å². The number of nitrogens with one attached hydrogen (secondary N) is 1. The Morgan fingerprint density at radius 2 is 2.17 bits per heavy atom. The second-order valence-corrected chi connectivity index (χ2v) is 5.02. The number of carbonyl (C=O) groups excluding carboxylic acids is 2. The summed E-state index contributed by atoms with van der Waals surface area (Å²) in [7, 11) is 0. The normalized spacial score (nSPS) is 10.4. The van der Waals surface area contributed by atoms with Gasteiger partial charge in [-0.3, -0.25) is 9.59 Å². The molecule has 1 amide bonds. The number of carbonyl (C=O) groups is 2. The summed E-state index contributed by atoms with van der Waals surface area (Å²) in [4.78, 5) is 23.4. The number of nitrogens with two attached hydrogens (primary N) is 1. The second kappa shape index (κ2) is 6.39. The molecule has 18 heavy (non-hydrogen) atoms. The van der Waals surface area contributed by atoms with Crippen molar-refractivity contribution >= 4 is 28.2 Å². The first-order chi connectivity index (χ1) is 8.45. The first kappa shape index (κ1) is 14.5. The Kier molecular flexibility index (Phi) is 5.15. The Morgan fingerprint density at radius 1 is 1.50 bits per heavy atom. The number of anilines is 1. The highest BCUT2D eigenvalue weighted by Gasteiger charge is 2.20. The van der Waals surface area contributed by atoms with E-state index in [-0.39, 0.29) is 24.3 Å². The summed E-state index contributed by atoms with van der Waals surface area (Å²) in [5.74, 6) is -0.600. The number of hydrogen-bond acceptors (Lipinski definition) is 5. The van der Waals surface area contributed by atoms with Crippen LogP contribution in [-0.2, 0) is 16.0 Å². The number of hydrogen-bond donors (Lipinski definition) is 2. The molecule has 0 aliphatic rings. The molecule has 1 aromatic heterocycles. The van der Waals surface area contributed by atoms with E-state index in [0.29, 0.717) is 22.7 Å². The van der Waals surface area contributed by atoms with Crippen molar-refractivity contribution in [3.8, 4) is 0 Å². The predicted molar refractivity (Wildman–Crippen MR) is 71.7 cm³/mol. The third kappa shape index (κ3) is 3.73. The van der Waals surface area contributed by atoms with Gasteiger partial charge < -0.3 is 15.8 Å². The molecule has 0 spiro atoms. The van der Waals surface area contributed by atoms with Gasteiger partial charge >= 0.3 is 5.97 Å². The molecule has 0 aliphatic carbocycles. The number of thiophene rings is 1. The van der Waals surface area contributed by atoms with Crippen LogP contribution in [-0.4, -0.2) is 24.5 Å². The SMILES string of the molecule is CCOC(=O)Cc1csc(N)c1C(=O)NC(C)C. The summed E-state index contributed by atoms with van der Waals surface area (Å²) >= 11 is 1.26. The molecule has 1 heterocycles. The van der Waals surface area contributed by atoms with Gasteiger partial charge in [-0.15, -0.1) is 11.3 Å². The van der Waals surface area contributed by atoms with Crippen LogP contribution in [0.1, 0.15) is 36.7 Å². The fraction of sp³-hybridized carbons (Fsp3) is 0.500. The molecule has 0 bridgehead atoms. The molecular weight excluding hydrogens is 252 g/mol. The van der Waals surface area contributed by atoms with Crippen LogP contribution in [0.25, 0.3) is 0 Å². The summed E-state index contributed by atoms with van der Waals surface area (Å²) in [6.07, 6.45) is 0.0718. The van der Waals surface area contributed by atoms with Gasteiger partial charge in [0.25, 0.3) is 5.91 Å². The number of nitrogen functional groups attached to an aromatic ring is 1. The molecule has 6 heteroatoms. The average molecular weight is 270 g/mol. The zero-order valence-corrected chi connectivity index (χ0v) is 11.6. The van der Waals surface area contributed by atoms with Crippen LogP contribution < -0.4 is 11.1 Å². The average Bonchev–Trinajstić information content (AvgIpc) is 2.59. The van der Waals surface area contributed by atoms with E-state index >= 15 is 0 Å². The van der Waals surface area contributed by atoms with Gasteiger partial charge in [-0.25, -0.2) is 0 Å². The summed E-state index contributed by atoms with van der Waals surface area (Å²) in [5.41, 5.74) is 6.78. The third-order valence-corrected chi connectivity index (χ3v) is 3.04. The van der Waals surface area contributed by atoms with Crippen LogP contribution >= 0.6 is 11.3 Å². The maximum absolute atomic E-state index is 12.0. The van der Waals surface area contributed by atoms with Gasteiger partial charge in [0.15, 0.2) is 0 Å². The Balaban J connectivity index is 2.87. The van der Waals surface area contributed by atoms with E-state index in [1.165, 1.54) is 11.3 Å². The molecule has 1 rings (SSSR count). The second-order valence-electron chi connectivity index (χ2n) is 4.11.